The van der Waals surface area contributed by atoms with Crippen molar-refractivity contribution in [3.63, 3.8) is 0 Å². The van der Waals surface area contributed by atoms with Gasteiger partial charge in [0.05, 0.1) is 12.3 Å². The first-order valence-corrected chi connectivity index (χ1v) is 6.27. The summed E-state index contributed by atoms with van der Waals surface area (Å²) in [6.45, 7) is 4.23. The third-order valence-corrected chi connectivity index (χ3v) is 2.88. The van der Waals surface area contributed by atoms with E-state index >= 15 is 0 Å². The average molecular weight is 264 g/mol. The van der Waals surface area contributed by atoms with Crippen molar-refractivity contribution in [3.8, 4) is 5.88 Å². The van der Waals surface area contributed by atoms with Gasteiger partial charge in [-0.2, -0.15) is 0 Å². The van der Waals surface area contributed by atoms with Gasteiger partial charge in [-0.25, -0.2) is 4.98 Å². The van der Waals surface area contributed by atoms with Gasteiger partial charge in [-0.15, -0.1) is 21.5 Å². The van der Waals surface area contributed by atoms with Crippen molar-refractivity contribution in [3.05, 3.63) is 28.9 Å². The van der Waals surface area contributed by atoms with Crippen molar-refractivity contribution in [2.75, 3.05) is 11.9 Å². The van der Waals surface area contributed by atoms with Gasteiger partial charge in [0.15, 0.2) is 10.8 Å². The Morgan fingerprint density at radius 3 is 2.83 bits per heavy atom. The zero-order chi connectivity index (χ0) is 13.0. The zero-order valence-corrected chi connectivity index (χ0v) is 10.8. The largest absolute Gasteiger partial charge is 0.477 e. The van der Waals surface area contributed by atoms with Crippen LogP contribution in [0.25, 0.3) is 0 Å². The summed E-state index contributed by atoms with van der Waals surface area (Å²) in [5, 5.41) is 12.6. The minimum Gasteiger partial charge on any atom is -0.477 e. The fraction of sp³-hybridized carbons (Fsp3) is 0.273. The van der Waals surface area contributed by atoms with Gasteiger partial charge in [0, 0.05) is 11.4 Å². The molecule has 0 atom stereocenters. The number of hydrogen-bond acceptors (Lipinski definition) is 6. The van der Waals surface area contributed by atoms with E-state index in [9.17, 15) is 4.79 Å². The zero-order valence-electron chi connectivity index (χ0n) is 10.0. The number of amides is 1. The van der Waals surface area contributed by atoms with Crippen LogP contribution in [0.1, 0.15) is 23.1 Å². The van der Waals surface area contributed by atoms with E-state index in [4.69, 9.17) is 4.74 Å². The Morgan fingerprint density at radius 1 is 1.44 bits per heavy atom. The van der Waals surface area contributed by atoms with Crippen molar-refractivity contribution < 1.29 is 9.53 Å². The molecule has 0 aliphatic carbocycles. The van der Waals surface area contributed by atoms with Crippen LogP contribution >= 0.6 is 11.3 Å². The van der Waals surface area contributed by atoms with Crippen LogP contribution in [0.2, 0.25) is 0 Å². The number of aryl methyl sites for hydroxylation is 1. The van der Waals surface area contributed by atoms with E-state index in [-0.39, 0.29) is 11.6 Å². The summed E-state index contributed by atoms with van der Waals surface area (Å²) in [7, 11) is 0. The lowest BCUT2D eigenvalue weighted by Gasteiger charge is -2.02. The molecule has 18 heavy (non-hydrogen) atoms. The predicted octanol–water partition coefficient (Wildman–Crippen LogP) is 1.89. The van der Waals surface area contributed by atoms with Gasteiger partial charge in [-0.3, -0.25) is 10.1 Å². The van der Waals surface area contributed by atoms with Gasteiger partial charge in [0.2, 0.25) is 5.88 Å². The molecule has 0 aliphatic heterocycles. The summed E-state index contributed by atoms with van der Waals surface area (Å²) in [6, 6.07) is 3.17. The Kier molecular flexibility index (Phi) is 3.83. The predicted molar refractivity (Wildman–Crippen MR) is 68.0 cm³/mol. The molecule has 0 fully saturated rings. The van der Waals surface area contributed by atoms with Crippen LogP contribution in [0.3, 0.4) is 0 Å². The van der Waals surface area contributed by atoms with Crippen LogP contribution in [0.5, 0.6) is 5.88 Å². The lowest BCUT2D eigenvalue weighted by atomic mass is 10.4. The van der Waals surface area contributed by atoms with Crippen molar-refractivity contribution in [2.24, 2.45) is 0 Å². The maximum absolute atomic E-state index is 11.8. The van der Waals surface area contributed by atoms with E-state index in [1.54, 1.807) is 12.1 Å². The first-order chi connectivity index (χ1) is 8.69. The van der Waals surface area contributed by atoms with Crippen molar-refractivity contribution in [2.45, 2.75) is 13.8 Å². The number of aromatic nitrogens is 3. The number of nitrogens with one attached hydrogen (secondary N) is 1. The molecule has 2 heterocycles. The Bertz CT molecular complexity index is 538. The smallest absolute Gasteiger partial charge is 0.277 e. The molecule has 0 saturated carbocycles. The summed E-state index contributed by atoms with van der Waals surface area (Å²) in [6.07, 6.45) is 0. The molecule has 0 saturated heterocycles. The standard InChI is InChI=1S/C11H12N4O2S/c1-3-17-9-5-4-8(14-15-9)10(16)13-11-12-7(2)6-18-11/h4-6H,3H2,1-2H3,(H,12,13,16). The van der Waals surface area contributed by atoms with Gasteiger partial charge < -0.3 is 4.74 Å². The molecule has 0 unspecified atom stereocenters. The number of carbonyl (C=O) groups excluding carboxylic acids is 1. The fourth-order valence-corrected chi connectivity index (χ4v) is 1.92. The van der Waals surface area contributed by atoms with Crippen molar-refractivity contribution in [1.82, 2.24) is 15.2 Å². The molecule has 0 radical (unpaired) electrons. The normalized spacial score (nSPS) is 10.1. The molecule has 6 nitrogen and oxygen atoms in total. The highest BCUT2D eigenvalue weighted by Crippen LogP contribution is 2.15. The van der Waals surface area contributed by atoms with Gasteiger partial charge in [-0.1, -0.05) is 0 Å². The molecular weight excluding hydrogens is 252 g/mol. The number of carbonyl (C=O) groups is 1. The molecule has 2 rings (SSSR count). The maximum atomic E-state index is 11.8. The van der Waals surface area contributed by atoms with E-state index in [2.05, 4.69) is 20.5 Å². The molecular formula is C11H12N4O2S. The molecule has 2 aromatic rings. The van der Waals surface area contributed by atoms with Gasteiger partial charge >= 0.3 is 0 Å². The minimum absolute atomic E-state index is 0.228. The molecule has 7 heteroatoms. The van der Waals surface area contributed by atoms with Crippen LogP contribution in [0.15, 0.2) is 17.5 Å². The van der Waals surface area contributed by atoms with Gasteiger partial charge in [0.1, 0.15) is 0 Å². The van der Waals surface area contributed by atoms with E-state index in [0.29, 0.717) is 17.6 Å². The molecule has 0 bridgehead atoms. The number of hydrogen-bond donors (Lipinski definition) is 1. The summed E-state index contributed by atoms with van der Waals surface area (Å²) in [5.74, 6) is 0.0686. The second-order valence-corrected chi connectivity index (χ2v) is 4.30. The summed E-state index contributed by atoms with van der Waals surface area (Å²) < 4.78 is 5.15. The number of thiazole rings is 1. The van der Waals surface area contributed by atoms with Crippen molar-refractivity contribution >= 4 is 22.4 Å². The number of anilines is 1. The first-order valence-electron chi connectivity index (χ1n) is 5.39. The minimum atomic E-state index is -0.333. The Hall–Kier alpha value is -2.02. The van der Waals surface area contributed by atoms with Crippen LogP contribution in [0, 0.1) is 6.92 Å². The SMILES string of the molecule is CCOc1ccc(C(=O)Nc2nc(C)cs2)nn1. The fourth-order valence-electron chi connectivity index (χ4n) is 1.24. The Labute approximate surface area is 108 Å². The van der Waals surface area contributed by atoms with Crippen LogP contribution in [-0.4, -0.2) is 27.7 Å². The monoisotopic (exact) mass is 264 g/mol. The summed E-state index contributed by atoms with van der Waals surface area (Å²) >= 11 is 1.37. The second kappa shape index (κ2) is 5.54. The van der Waals surface area contributed by atoms with Crippen LogP contribution in [-0.2, 0) is 0 Å². The number of nitrogens with zero attached hydrogens (tertiary/aromatic N) is 3. The molecule has 2 aromatic heterocycles. The highest BCUT2D eigenvalue weighted by Gasteiger charge is 2.10. The molecule has 0 aliphatic rings. The number of ether oxygens (including phenoxy) is 1. The molecule has 0 spiro atoms. The molecule has 94 valence electrons. The second-order valence-electron chi connectivity index (χ2n) is 3.44. The van der Waals surface area contributed by atoms with Gasteiger partial charge in [0.25, 0.3) is 5.91 Å². The Morgan fingerprint density at radius 2 is 2.28 bits per heavy atom. The van der Waals surface area contributed by atoms with Crippen molar-refractivity contribution in [1.29, 1.82) is 0 Å². The first kappa shape index (κ1) is 12.4. The molecule has 1 amide bonds. The quantitative estimate of drug-likeness (QED) is 0.912. The lowest BCUT2D eigenvalue weighted by molar-refractivity contribution is 0.102. The van der Waals surface area contributed by atoms with E-state index in [1.165, 1.54) is 11.3 Å². The maximum Gasteiger partial charge on any atom is 0.277 e. The molecule has 1 N–H and O–H groups in total. The molecule has 0 aromatic carbocycles. The Balaban J connectivity index is 2.04. The lowest BCUT2D eigenvalue weighted by Crippen LogP contribution is -2.14. The number of rotatable bonds is 4. The van der Waals surface area contributed by atoms with E-state index < -0.39 is 0 Å². The summed E-state index contributed by atoms with van der Waals surface area (Å²) in [5.41, 5.74) is 1.10. The average Bonchev–Trinajstić information content (AvgIpc) is 2.76. The van der Waals surface area contributed by atoms with E-state index in [1.807, 2.05) is 19.2 Å². The third kappa shape index (κ3) is 3.01. The summed E-state index contributed by atoms with van der Waals surface area (Å²) in [4.78, 5) is 15.9. The van der Waals surface area contributed by atoms with Crippen LogP contribution in [0.4, 0.5) is 5.13 Å². The highest BCUT2D eigenvalue weighted by atomic mass is 32.1. The van der Waals surface area contributed by atoms with E-state index in [0.717, 1.165) is 5.69 Å². The topological polar surface area (TPSA) is 77.0 Å². The van der Waals surface area contributed by atoms with Gasteiger partial charge in [-0.05, 0) is 19.9 Å². The highest BCUT2D eigenvalue weighted by molar-refractivity contribution is 7.13. The third-order valence-electron chi connectivity index (χ3n) is 2.00. The van der Waals surface area contributed by atoms with Crippen LogP contribution < -0.4 is 10.1 Å².